The van der Waals surface area contributed by atoms with Crippen LogP contribution in [-0.2, 0) is 6.42 Å². The second kappa shape index (κ2) is 12.6. The van der Waals surface area contributed by atoms with E-state index in [0.717, 1.165) is 12.8 Å². The molecule has 30 heavy (non-hydrogen) atoms. The van der Waals surface area contributed by atoms with E-state index in [1.165, 1.54) is 5.56 Å². The number of carbonyl (C=O) groups is 1. The average molecular weight is 424 g/mol. The van der Waals surface area contributed by atoms with E-state index in [9.17, 15) is 4.79 Å². The number of nitriles is 1. The van der Waals surface area contributed by atoms with E-state index in [1.54, 1.807) is 18.2 Å². The van der Waals surface area contributed by atoms with E-state index in [2.05, 4.69) is 37.4 Å². The number of benzene rings is 2. The molecule has 6 heteroatoms. The van der Waals surface area contributed by atoms with E-state index in [4.69, 9.17) is 22.2 Å². The predicted molar refractivity (Wildman–Crippen MR) is 123 cm³/mol. The molecule has 0 saturated carbocycles. The molecular weight excluding hydrogens is 394 g/mol. The Kier molecular flexibility index (Phi) is 9.82. The van der Waals surface area contributed by atoms with Gasteiger partial charge in [-0.3, -0.25) is 10.1 Å². The molecule has 2 aromatic carbocycles. The minimum absolute atomic E-state index is 0.304. The van der Waals surface area contributed by atoms with Crippen LogP contribution in [0.25, 0.3) is 0 Å². The highest BCUT2D eigenvalue weighted by Crippen LogP contribution is 2.19. The zero-order chi connectivity index (χ0) is 21.8. The molecule has 0 atom stereocenters. The number of hydrogen-bond donors (Lipinski definition) is 1. The molecule has 2 aromatic rings. The Hall–Kier alpha value is -2.91. The third kappa shape index (κ3) is 7.84. The molecule has 0 unspecified atom stereocenters. The van der Waals surface area contributed by atoms with Gasteiger partial charge in [0.25, 0.3) is 5.91 Å². The maximum Gasteiger partial charge on any atom is 0.261 e. The van der Waals surface area contributed by atoms with Gasteiger partial charge >= 0.3 is 0 Å². The summed E-state index contributed by atoms with van der Waals surface area (Å²) in [5.41, 5.74) is 1.63. The van der Waals surface area contributed by atoms with E-state index in [1.807, 2.05) is 29.2 Å². The third-order valence-corrected chi connectivity index (χ3v) is 4.96. The summed E-state index contributed by atoms with van der Waals surface area (Å²) in [4.78, 5) is 14.7. The van der Waals surface area contributed by atoms with Crippen LogP contribution < -0.4 is 10.1 Å². The molecule has 0 bridgehead atoms. The fraction of sp³-hybridized carbons (Fsp3) is 0.375. The van der Waals surface area contributed by atoms with Crippen molar-refractivity contribution in [1.29, 1.82) is 5.26 Å². The van der Waals surface area contributed by atoms with Crippen LogP contribution in [0.3, 0.4) is 0 Å². The Morgan fingerprint density at radius 1 is 1.13 bits per heavy atom. The predicted octanol–water partition coefficient (Wildman–Crippen LogP) is 4.58. The number of nitrogens with zero attached hydrogens (tertiary/aromatic N) is 2. The normalized spacial score (nSPS) is 10.3. The summed E-state index contributed by atoms with van der Waals surface area (Å²) in [6.45, 7) is 5.90. The highest BCUT2D eigenvalue weighted by molar-refractivity contribution is 7.80. The molecule has 0 aliphatic carbocycles. The van der Waals surface area contributed by atoms with Gasteiger partial charge in [0.1, 0.15) is 5.75 Å². The number of amides is 1. The van der Waals surface area contributed by atoms with Gasteiger partial charge in [-0.05, 0) is 48.7 Å². The number of thiocarbonyl (C=S) groups is 1. The van der Waals surface area contributed by atoms with Crippen LogP contribution in [0.4, 0.5) is 0 Å². The van der Waals surface area contributed by atoms with Gasteiger partial charge in [0, 0.05) is 13.1 Å². The molecule has 0 radical (unpaired) electrons. The standard InChI is InChI=1S/C24H29N3O2S/c1-19(2)14-18-29-22-12-7-6-11-21(22)23(28)26-24(30)27(16-8-15-25)17-13-20-9-4-3-5-10-20/h3-7,9-12,19H,8,13-14,16-18H2,1-2H3,(H,26,28,30). The summed E-state index contributed by atoms with van der Waals surface area (Å²) in [6, 6.07) is 19.4. The van der Waals surface area contributed by atoms with Gasteiger partial charge in [-0.2, -0.15) is 5.26 Å². The molecule has 0 aliphatic rings. The van der Waals surface area contributed by atoms with Crippen LogP contribution in [0, 0.1) is 17.2 Å². The number of para-hydroxylation sites is 1. The maximum absolute atomic E-state index is 12.9. The monoisotopic (exact) mass is 423 g/mol. The lowest BCUT2D eigenvalue weighted by atomic mass is 10.1. The summed E-state index contributed by atoms with van der Waals surface area (Å²) >= 11 is 5.49. The van der Waals surface area contributed by atoms with E-state index >= 15 is 0 Å². The first-order valence-electron chi connectivity index (χ1n) is 10.2. The van der Waals surface area contributed by atoms with E-state index < -0.39 is 0 Å². The summed E-state index contributed by atoms with van der Waals surface area (Å²) in [7, 11) is 0. The lowest BCUT2D eigenvalue weighted by Crippen LogP contribution is -2.44. The van der Waals surface area contributed by atoms with Crippen molar-refractivity contribution in [3.05, 3.63) is 65.7 Å². The number of ether oxygens (including phenoxy) is 1. The van der Waals surface area contributed by atoms with Gasteiger partial charge < -0.3 is 9.64 Å². The van der Waals surface area contributed by atoms with Crippen LogP contribution in [0.15, 0.2) is 54.6 Å². The van der Waals surface area contributed by atoms with Crippen molar-refractivity contribution in [2.75, 3.05) is 19.7 Å². The largest absolute Gasteiger partial charge is 0.493 e. The molecule has 0 spiro atoms. The van der Waals surface area contributed by atoms with E-state index in [-0.39, 0.29) is 5.91 Å². The number of carbonyl (C=O) groups excluding carboxylic acids is 1. The van der Waals surface area contributed by atoms with Crippen LogP contribution in [0.5, 0.6) is 5.75 Å². The van der Waals surface area contributed by atoms with Crippen molar-refractivity contribution in [1.82, 2.24) is 10.2 Å². The highest BCUT2D eigenvalue weighted by Gasteiger charge is 2.17. The fourth-order valence-corrected chi connectivity index (χ4v) is 3.11. The maximum atomic E-state index is 12.9. The second-order valence-corrected chi connectivity index (χ2v) is 7.80. The Bertz CT molecular complexity index is 862. The zero-order valence-electron chi connectivity index (χ0n) is 17.6. The molecule has 1 N–H and O–H groups in total. The minimum Gasteiger partial charge on any atom is -0.493 e. The first-order chi connectivity index (χ1) is 14.5. The third-order valence-electron chi connectivity index (χ3n) is 4.60. The number of hydrogen-bond acceptors (Lipinski definition) is 4. The topological polar surface area (TPSA) is 65.4 Å². The van der Waals surface area contributed by atoms with Crippen molar-refractivity contribution in [2.24, 2.45) is 5.92 Å². The summed E-state index contributed by atoms with van der Waals surface area (Å²) in [6.07, 6.45) is 2.02. The molecule has 0 saturated heterocycles. The summed E-state index contributed by atoms with van der Waals surface area (Å²) < 4.78 is 5.82. The van der Waals surface area contributed by atoms with Crippen molar-refractivity contribution in [3.8, 4) is 11.8 Å². The Labute approximate surface area is 184 Å². The van der Waals surface area contributed by atoms with Crippen LogP contribution in [-0.4, -0.2) is 35.6 Å². The fourth-order valence-electron chi connectivity index (χ4n) is 2.84. The van der Waals surface area contributed by atoms with Crippen molar-refractivity contribution in [3.63, 3.8) is 0 Å². The van der Waals surface area contributed by atoms with Crippen molar-refractivity contribution >= 4 is 23.2 Å². The SMILES string of the molecule is CC(C)CCOc1ccccc1C(=O)NC(=S)N(CCC#N)CCc1ccccc1. The second-order valence-electron chi connectivity index (χ2n) is 7.42. The number of nitrogens with one attached hydrogen (secondary N) is 1. The molecule has 158 valence electrons. The molecule has 0 aromatic heterocycles. The number of rotatable bonds is 10. The summed E-state index contributed by atoms with van der Waals surface area (Å²) in [5, 5.41) is 12.1. The van der Waals surface area contributed by atoms with Crippen LogP contribution in [0.2, 0.25) is 0 Å². The first-order valence-corrected chi connectivity index (χ1v) is 10.6. The van der Waals surface area contributed by atoms with Crippen molar-refractivity contribution in [2.45, 2.75) is 33.1 Å². The molecule has 5 nitrogen and oxygen atoms in total. The Balaban J connectivity index is 2.02. The molecule has 0 fully saturated rings. The van der Waals surface area contributed by atoms with Crippen molar-refractivity contribution < 1.29 is 9.53 Å². The molecule has 2 rings (SSSR count). The Morgan fingerprint density at radius 3 is 2.53 bits per heavy atom. The first kappa shape index (κ1) is 23.4. The van der Waals surface area contributed by atoms with Crippen LogP contribution >= 0.6 is 12.2 Å². The average Bonchev–Trinajstić information content (AvgIpc) is 2.74. The van der Waals surface area contributed by atoms with Gasteiger partial charge in [0.2, 0.25) is 0 Å². The quantitative estimate of drug-likeness (QED) is 0.567. The van der Waals surface area contributed by atoms with Crippen LogP contribution in [0.1, 0.15) is 42.6 Å². The Morgan fingerprint density at radius 2 is 1.83 bits per heavy atom. The molecule has 0 aliphatic heterocycles. The minimum atomic E-state index is -0.304. The lowest BCUT2D eigenvalue weighted by molar-refractivity contribution is 0.0969. The van der Waals surface area contributed by atoms with Gasteiger partial charge in [-0.15, -0.1) is 0 Å². The van der Waals surface area contributed by atoms with Gasteiger partial charge in [0.05, 0.1) is 24.7 Å². The van der Waals surface area contributed by atoms with E-state index in [0.29, 0.717) is 48.5 Å². The molecule has 1 amide bonds. The smallest absolute Gasteiger partial charge is 0.261 e. The van der Waals surface area contributed by atoms with Gasteiger partial charge in [0.15, 0.2) is 5.11 Å². The van der Waals surface area contributed by atoms with Gasteiger partial charge in [-0.25, -0.2) is 0 Å². The highest BCUT2D eigenvalue weighted by atomic mass is 32.1. The molecule has 0 heterocycles. The van der Waals surface area contributed by atoms with Gasteiger partial charge in [-0.1, -0.05) is 56.3 Å². The molecular formula is C24H29N3O2S. The summed E-state index contributed by atoms with van der Waals surface area (Å²) in [5.74, 6) is 0.769. The zero-order valence-corrected chi connectivity index (χ0v) is 18.5. The lowest BCUT2D eigenvalue weighted by Gasteiger charge is -2.25.